The Morgan fingerprint density at radius 3 is 2.36 bits per heavy atom. The molecule has 0 spiro atoms. The fourth-order valence-electron chi connectivity index (χ4n) is 4.90. The molecule has 2 aliphatic rings. The Morgan fingerprint density at radius 1 is 1.12 bits per heavy atom. The molecule has 1 aromatic carbocycles. The maximum atomic E-state index is 4.07. The highest BCUT2D eigenvalue weighted by molar-refractivity contribution is 5.15. The molecule has 2 fully saturated rings. The number of halogens is 1. The summed E-state index contributed by atoms with van der Waals surface area (Å²) in [6, 6.07) is 12.5. The molecule has 1 saturated heterocycles. The van der Waals surface area contributed by atoms with Crippen molar-refractivity contribution in [3.63, 3.8) is 0 Å². The van der Waals surface area contributed by atoms with Gasteiger partial charge in [-0.05, 0) is 31.4 Å². The second-order valence-corrected chi connectivity index (χ2v) is 8.00. The average Bonchev–Trinajstić information content (AvgIpc) is 2.64. The summed E-state index contributed by atoms with van der Waals surface area (Å²) >= 11 is 0. The van der Waals surface area contributed by atoms with Crippen molar-refractivity contribution in [2.45, 2.75) is 57.5 Å². The van der Waals surface area contributed by atoms with E-state index in [4.69, 9.17) is 0 Å². The Bertz CT molecular complexity index is 502. The lowest BCUT2D eigenvalue weighted by atomic mass is 9.93. The van der Waals surface area contributed by atoms with Gasteiger partial charge in [0.25, 0.3) is 0 Å². The van der Waals surface area contributed by atoms with Crippen molar-refractivity contribution in [1.82, 2.24) is 4.90 Å². The predicted octanol–water partition coefficient (Wildman–Crippen LogP) is 1.27. The third kappa shape index (κ3) is 5.18. The van der Waals surface area contributed by atoms with Crippen LogP contribution in [-0.4, -0.2) is 54.2 Å². The first kappa shape index (κ1) is 20.7. The average molecular weight is 407 g/mol. The van der Waals surface area contributed by atoms with Crippen LogP contribution in [0.25, 0.3) is 0 Å². The maximum Gasteiger partial charge on any atom is 0.0973 e. The molecule has 0 N–H and O–H groups in total. The smallest absolute Gasteiger partial charge is 0.0973 e. The summed E-state index contributed by atoms with van der Waals surface area (Å²) in [5.74, 6) is 0. The van der Waals surface area contributed by atoms with Crippen molar-refractivity contribution in [1.29, 1.82) is 0 Å². The first-order chi connectivity index (χ1) is 11.7. The van der Waals surface area contributed by atoms with Crippen LogP contribution in [-0.2, 0) is 6.42 Å². The molecule has 2 nitrogen and oxygen atoms in total. The molecule has 1 saturated carbocycles. The van der Waals surface area contributed by atoms with Crippen LogP contribution >= 0.6 is 0 Å². The second kappa shape index (κ2) is 9.89. The van der Waals surface area contributed by atoms with Crippen LogP contribution in [0.15, 0.2) is 43.0 Å². The Hall–Kier alpha value is -0.640. The molecule has 1 unspecified atom stereocenters. The van der Waals surface area contributed by atoms with Gasteiger partial charge in [-0.2, -0.15) is 0 Å². The first-order valence-corrected chi connectivity index (χ1v) is 9.98. The van der Waals surface area contributed by atoms with Gasteiger partial charge in [0.15, 0.2) is 0 Å². The van der Waals surface area contributed by atoms with Gasteiger partial charge in [0.05, 0.1) is 25.7 Å². The van der Waals surface area contributed by atoms with Crippen LogP contribution in [0.1, 0.15) is 44.6 Å². The zero-order valence-corrected chi connectivity index (χ0v) is 17.5. The van der Waals surface area contributed by atoms with E-state index in [0.717, 1.165) is 12.6 Å². The van der Waals surface area contributed by atoms with Crippen molar-refractivity contribution >= 4 is 0 Å². The predicted molar refractivity (Wildman–Crippen MR) is 103 cm³/mol. The molecule has 3 rings (SSSR count). The third-order valence-corrected chi connectivity index (χ3v) is 6.56. The van der Waals surface area contributed by atoms with E-state index >= 15 is 0 Å². The molecule has 0 radical (unpaired) electrons. The van der Waals surface area contributed by atoms with Crippen LogP contribution in [0, 0.1) is 0 Å². The standard InChI is InChI=1S/C22H35N2.BrH/c1-3-16-24(20(2)19-21-10-6-4-7-11-21)17-14-23(15-18-24)22-12-8-5-9-13-22;/h3-4,6-7,10-11,20,22H,1,5,8-9,12-19H2,2H3;1H/q+1;/p-1. The van der Waals surface area contributed by atoms with E-state index < -0.39 is 0 Å². The topological polar surface area (TPSA) is 3.24 Å². The van der Waals surface area contributed by atoms with E-state index in [2.05, 4.69) is 54.8 Å². The van der Waals surface area contributed by atoms with Crippen molar-refractivity contribution in [2.75, 3.05) is 32.7 Å². The lowest BCUT2D eigenvalue weighted by Crippen LogP contribution is -3.00. The number of piperazine rings is 1. The maximum absolute atomic E-state index is 4.07. The van der Waals surface area contributed by atoms with E-state index in [1.165, 1.54) is 74.8 Å². The van der Waals surface area contributed by atoms with Crippen LogP contribution in [0.4, 0.5) is 0 Å². The van der Waals surface area contributed by atoms with Gasteiger partial charge in [0.1, 0.15) is 0 Å². The van der Waals surface area contributed by atoms with Crippen molar-refractivity contribution < 1.29 is 21.5 Å². The van der Waals surface area contributed by atoms with Crippen LogP contribution < -0.4 is 17.0 Å². The Labute approximate surface area is 165 Å². The van der Waals surface area contributed by atoms with E-state index in [1.54, 1.807) is 0 Å². The van der Waals surface area contributed by atoms with E-state index in [0.29, 0.717) is 6.04 Å². The zero-order valence-electron chi connectivity index (χ0n) is 15.9. The molecule has 1 atom stereocenters. The van der Waals surface area contributed by atoms with E-state index in [-0.39, 0.29) is 17.0 Å². The zero-order chi connectivity index (χ0) is 16.8. The summed E-state index contributed by atoms with van der Waals surface area (Å²) in [5.41, 5.74) is 1.47. The molecule has 1 aromatic rings. The molecular formula is C22H35BrN2. The van der Waals surface area contributed by atoms with Gasteiger partial charge >= 0.3 is 0 Å². The summed E-state index contributed by atoms with van der Waals surface area (Å²) in [4.78, 5) is 2.80. The Kier molecular flexibility index (Phi) is 8.18. The Balaban J connectivity index is 0.00000225. The molecule has 140 valence electrons. The molecule has 3 heteroatoms. The first-order valence-electron chi connectivity index (χ1n) is 9.98. The van der Waals surface area contributed by atoms with Crippen molar-refractivity contribution in [2.24, 2.45) is 0 Å². The number of nitrogens with zero attached hydrogens (tertiary/aromatic N) is 2. The van der Waals surface area contributed by atoms with Crippen LogP contribution in [0.2, 0.25) is 0 Å². The normalized spacial score (nSPS) is 22.8. The second-order valence-electron chi connectivity index (χ2n) is 8.00. The molecule has 0 bridgehead atoms. The summed E-state index contributed by atoms with van der Waals surface area (Å²) in [5, 5.41) is 0. The minimum absolute atomic E-state index is 0. The van der Waals surface area contributed by atoms with Crippen molar-refractivity contribution in [3.8, 4) is 0 Å². The van der Waals surface area contributed by atoms with Gasteiger partial charge in [0, 0.05) is 25.6 Å². The van der Waals surface area contributed by atoms with Gasteiger partial charge in [-0.3, -0.25) is 4.90 Å². The van der Waals surface area contributed by atoms with Gasteiger partial charge < -0.3 is 21.5 Å². The molecule has 25 heavy (non-hydrogen) atoms. The molecular weight excluding hydrogens is 372 g/mol. The number of benzene rings is 1. The number of hydrogen-bond donors (Lipinski definition) is 0. The van der Waals surface area contributed by atoms with Crippen molar-refractivity contribution in [3.05, 3.63) is 48.6 Å². The highest BCUT2D eigenvalue weighted by Gasteiger charge is 2.38. The lowest BCUT2D eigenvalue weighted by molar-refractivity contribution is -0.948. The summed E-state index contributed by atoms with van der Waals surface area (Å²) in [7, 11) is 0. The molecule has 0 aromatic heterocycles. The fourth-order valence-corrected chi connectivity index (χ4v) is 4.90. The molecule has 1 aliphatic heterocycles. The van der Waals surface area contributed by atoms with E-state index in [9.17, 15) is 0 Å². The highest BCUT2D eigenvalue weighted by atomic mass is 79.9. The number of rotatable bonds is 6. The largest absolute Gasteiger partial charge is 1.00 e. The summed E-state index contributed by atoms with van der Waals surface area (Å²) in [6.07, 6.45) is 10.5. The fraction of sp³-hybridized carbons (Fsp3) is 0.636. The van der Waals surface area contributed by atoms with E-state index in [1.807, 2.05) is 0 Å². The SMILES string of the molecule is C=CC[N+]1(C(C)Cc2ccccc2)CCN(C2CCCCC2)CC1.[Br-]. The third-order valence-electron chi connectivity index (χ3n) is 6.56. The minimum atomic E-state index is 0. The molecule has 1 heterocycles. The highest BCUT2D eigenvalue weighted by Crippen LogP contribution is 2.27. The van der Waals surface area contributed by atoms with Gasteiger partial charge in [-0.25, -0.2) is 0 Å². The van der Waals surface area contributed by atoms with Gasteiger partial charge in [0.2, 0.25) is 0 Å². The quantitative estimate of drug-likeness (QED) is 0.507. The monoisotopic (exact) mass is 406 g/mol. The van der Waals surface area contributed by atoms with Crippen LogP contribution in [0.5, 0.6) is 0 Å². The van der Waals surface area contributed by atoms with Crippen LogP contribution in [0.3, 0.4) is 0 Å². The lowest BCUT2D eigenvalue weighted by Gasteiger charge is -2.50. The Morgan fingerprint density at radius 2 is 1.76 bits per heavy atom. The molecule has 0 amide bonds. The summed E-state index contributed by atoms with van der Waals surface area (Å²) in [6.45, 7) is 12.8. The minimum Gasteiger partial charge on any atom is -1.00 e. The summed E-state index contributed by atoms with van der Waals surface area (Å²) < 4.78 is 1.22. The number of hydrogen-bond acceptors (Lipinski definition) is 1. The number of quaternary nitrogens is 1. The van der Waals surface area contributed by atoms with Gasteiger partial charge in [-0.1, -0.05) is 56.2 Å². The molecule has 1 aliphatic carbocycles. The van der Waals surface area contributed by atoms with Gasteiger partial charge in [-0.15, -0.1) is 0 Å².